The molecule has 4 atom stereocenters. The Morgan fingerprint density at radius 1 is 1.50 bits per heavy atom. The predicted molar refractivity (Wildman–Crippen MR) is 44.5 cm³/mol. The van der Waals surface area contributed by atoms with Crippen LogP contribution in [0.1, 0.15) is 27.2 Å². The highest BCUT2D eigenvalue weighted by Gasteiger charge is 2.39. The maximum Gasteiger partial charge on any atom is 0.311 e. The van der Waals surface area contributed by atoms with Gasteiger partial charge in [0, 0.05) is 5.92 Å². The van der Waals surface area contributed by atoms with Crippen LogP contribution in [0.15, 0.2) is 0 Å². The molecule has 1 rings (SSSR count). The second-order valence-corrected chi connectivity index (χ2v) is 3.52. The van der Waals surface area contributed by atoms with Gasteiger partial charge in [0.2, 0.25) is 0 Å². The number of esters is 1. The molecule has 1 N–H and O–H groups in total. The Labute approximate surface area is 72.7 Å². The van der Waals surface area contributed by atoms with Crippen molar-refractivity contribution in [3.63, 3.8) is 0 Å². The van der Waals surface area contributed by atoms with Crippen molar-refractivity contribution in [2.45, 2.75) is 39.4 Å². The summed E-state index contributed by atoms with van der Waals surface area (Å²) >= 11 is 0. The molecule has 1 fully saturated rings. The van der Waals surface area contributed by atoms with E-state index in [0.717, 1.165) is 6.42 Å². The highest BCUT2D eigenvalue weighted by molar-refractivity contribution is 5.73. The molecular weight excluding hydrogens is 156 g/mol. The van der Waals surface area contributed by atoms with Gasteiger partial charge >= 0.3 is 5.97 Å². The summed E-state index contributed by atoms with van der Waals surface area (Å²) in [6, 6.07) is 0. The van der Waals surface area contributed by atoms with E-state index in [1.165, 1.54) is 0 Å². The molecule has 0 unspecified atom stereocenters. The summed E-state index contributed by atoms with van der Waals surface area (Å²) in [7, 11) is 0. The first-order chi connectivity index (χ1) is 5.57. The van der Waals surface area contributed by atoms with Gasteiger partial charge in [-0.05, 0) is 13.3 Å². The number of cyclic esters (lactones) is 1. The summed E-state index contributed by atoms with van der Waals surface area (Å²) in [6.07, 6.45) is 0.122. The van der Waals surface area contributed by atoms with Crippen LogP contribution < -0.4 is 0 Å². The van der Waals surface area contributed by atoms with Crippen molar-refractivity contribution in [1.82, 2.24) is 0 Å². The lowest BCUT2D eigenvalue weighted by molar-refractivity contribution is -0.177. The molecule has 3 heteroatoms. The molecule has 1 saturated heterocycles. The number of carbonyl (C=O) groups excluding carboxylic acids is 1. The van der Waals surface area contributed by atoms with Gasteiger partial charge in [0.15, 0.2) is 0 Å². The molecule has 0 aromatic rings. The van der Waals surface area contributed by atoms with E-state index in [2.05, 4.69) is 0 Å². The summed E-state index contributed by atoms with van der Waals surface area (Å²) in [6.45, 7) is 5.58. The zero-order valence-corrected chi connectivity index (χ0v) is 7.78. The van der Waals surface area contributed by atoms with E-state index < -0.39 is 6.10 Å². The molecule has 3 nitrogen and oxygen atoms in total. The van der Waals surface area contributed by atoms with E-state index in [9.17, 15) is 9.90 Å². The first kappa shape index (κ1) is 9.52. The lowest BCUT2D eigenvalue weighted by Gasteiger charge is -2.35. The van der Waals surface area contributed by atoms with Crippen LogP contribution in [-0.4, -0.2) is 23.3 Å². The molecule has 0 spiro atoms. The minimum absolute atomic E-state index is 0.0581. The summed E-state index contributed by atoms with van der Waals surface area (Å²) < 4.78 is 5.13. The van der Waals surface area contributed by atoms with E-state index >= 15 is 0 Å². The number of hydrogen-bond acceptors (Lipinski definition) is 3. The van der Waals surface area contributed by atoms with Crippen LogP contribution in [-0.2, 0) is 9.53 Å². The fourth-order valence-electron chi connectivity index (χ4n) is 1.63. The van der Waals surface area contributed by atoms with Gasteiger partial charge in [-0.3, -0.25) is 4.79 Å². The van der Waals surface area contributed by atoms with Crippen LogP contribution in [0.3, 0.4) is 0 Å². The van der Waals surface area contributed by atoms with E-state index in [1.807, 2.05) is 13.8 Å². The van der Waals surface area contributed by atoms with Crippen LogP contribution in [0, 0.1) is 11.8 Å². The molecule has 0 radical (unpaired) electrons. The Hall–Kier alpha value is -0.570. The average Bonchev–Trinajstić information content (AvgIpc) is 2.08. The molecule has 70 valence electrons. The van der Waals surface area contributed by atoms with E-state index in [4.69, 9.17) is 4.74 Å². The monoisotopic (exact) mass is 172 g/mol. The molecule has 1 heterocycles. The number of rotatable bonds is 1. The van der Waals surface area contributed by atoms with Crippen LogP contribution in [0.5, 0.6) is 0 Å². The Morgan fingerprint density at radius 2 is 2.08 bits per heavy atom. The van der Waals surface area contributed by atoms with E-state index in [1.54, 1.807) is 6.92 Å². The maximum atomic E-state index is 11.1. The van der Waals surface area contributed by atoms with Gasteiger partial charge in [0.25, 0.3) is 0 Å². The standard InChI is InChI=1S/C9H16O3/c1-4-7-5(2)8(10)6(3)9(11)12-7/h5-8,10H,4H2,1-3H3/t5-,6+,7-,8-/m1/s1. The van der Waals surface area contributed by atoms with Crippen molar-refractivity contribution in [2.24, 2.45) is 11.8 Å². The molecule has 1 aliphatic rings. The normalized spacial score (nSPS) is 42.5. The largest absolute Gasteiger partial charge is 0.462 e. The van der Waals surface area contributed by atoms with Crippen LogP contribution in [0.25, 0.3) is 0 Å². The van der Waals surface area contributed by atoms with E-state index in [0.29, 0.717) is 0 Å². The number of ether oxygens (including phenoxy) is 1. The molecule has 0 aliphatic carbocycles. The lowest BCUT2D eigenvalue weighted by atomic mass is 9.85. The Balaban J connectivity index is 2.70. The zero-order chi connectivity index (χ0) is 9.30. The predicted octanol–water partition coefficient (Wildman–Crippen LogP) is 0.955. The van der Waals surface area contributed by atoms with Gasteiger partial charge in [-0.25, -0.2) is 0 Å². The first-order valence-electron chi connectivity index (χ1n) is 4.46. The molecule has 1 aliphatic heterocycles. The van der Waals surface area contributed by atoms with E-state index in [-0.39, 0.29) is 23.9 Å². The quantitative estimate of drug-likeness (QED) is 0.599. The second kappa shape index (κ2) is 3.44. The number of hydrogen-bond donors (Lipinski definition) is 1. The molecule has 0 aromatic heterocycles. The highest BCUT2D eigenvalue weighted by atomic mass is 16.5. The van der Waals surface area contributed by atoms with Crippen molar-refractivity contribution in [3.05, 3.63) is 0 Å². The Morgan fingerprint density at radius 3 is 2.58 bits per heavy atom. The molecule has 12 heavy (non-hydrogen) atoms. The van der Waals surface area contributed by atoms with Crippen molar-refractivity contribution in [2.75, 3.05) is 0 Å². The van der Waals surface area contributed by atoms with Crippen molar-refractivity contribution in [3.8, 4) is 0 Å². The maximum absolute atomic E-state index is 11.1. The summed E-state index contributed by atoms with van der Waals surface area (Å²) in [4.78, 5) is 11.1. The van der Waals surface area contributed by atoms with Crippen molar-refractivity contribution >= 4 is 5.97 Å². The number of aliphatic hydroxyl groups is 1. The number of aliphatic hydroxyl groups excluding tert-OH is 1. The zero-order valence-electron chi connectivity index (χ0n) is 7.78. The summed E-state index contributed by atoms with van der Waals surface area (Å²) in [5.41, 5.74) is 0. The molecule has 0 aromatic carbocycles. The van der Waals surface area contributed by atoms with Gasteiger partial charge in [-0.1, -0.05) is 13.8 Å². The van der Waals surface area contributed by atoms with Crippen LogP contribution >= 0.6 is 0 Å². The molecular formula is C9H16O3. The topological polar surface area (TPSA) is 46.5 Å². The molecule has 0 bridgehead atoms. The third-order valence-corrected chi connectivity index (χ3v) is 2.68. The second-order valence-electron chi connectivity index (χ2n) is 3.52. The van der Waals surface area contributed by atoms with Crippen LogP contribution in [0.4, 0.5) is 0 Å². The van der Waals surface area contributed by atoms with Gasteiger partial charge in [0.1, 0.15) is 6.10 Å². The Bertz CT molecular complexity index is 177. The van der Waals surface area contributed by atoms with Crippen molar-refractivity contribution < 1.29 is 14.6 Å². The Kier molecular flexibility index (Phi) is 2.73. The average molecular weight is 172 g/mol. The minimum atomic E-state index is -0.545. The minimum Gasteiger partial charge on any atom is -0.462 e. The smallest absolute Gasteiger partial charge is 0.311 e. The van der Waals surface area contributed by atoms with Gasteiger partial charge in [0.05, 0.1) is 12.0 Å². The SMILES string of the molecule is CC[C@H]1OC(=O)[C@@H](C)[C@H](O)[C@@H]1C. The molecule has 0 saturated carbocycles. The third kappa shape index (κ3) is 1.46. The van der Waals surface area contributed by atoms with Gasteiger partial charge < -0.3 is 9.84 Å². The fourth-order valence-corrected chi connectivity index (χ4v) is 1.63. The van der Waals surface area contributed by atoms with Gasteiger partial charge in [-0.15, -0.1) is 0 Å². The lowest BCUT2D eigenvalue weighted by Crippen LogP contribution is -2.46. The third-order valence-electron chi connectivity index (χ3n) is 2.68. The first-order valence-corrected chi connectivity index (χ1v) is 4.46. The van der Waals surface area contributed by atoms with Crippen molar-refractivity contribution in [1.29, 1.82) is 0 Å². The summed E-state index contributed by atoms with van der Waals surface area (Å²) in [5, 5.41) is 9.62. The number of carbonyl (C=O) groups is 1. The van der Waals surface area contributed by atoms with Crippen LogP contribution in [0.2, 0.25) is 0 Å². The highest BCUT2D eigenvalue weighted by Crippen LogP contribution is 2.27. The fraction of sp³-hybridized carbons (Fsp3) is 0.889. The molecule has 0 amide bonds. The summed E-state index contributed by atoms with van der Waals surface area (Å²) in [5.74, 6) is -0.585. The van der Waals surface area contributed by atoms with Gasteiger partial charge in [-0.2, -0.15) is 0 Å².